The first-order valence-electron chi connectivity index (χ1n) is 4.87. The number of nitrogens with one attached hydrogen (secondary N) is 2. The molecule has 2 rings (SSSR count). The predicted octanol–water partition coefficient (Wildman–Crippen LogP) is 0.159. The van der Waals surface area contributed by atoms with E-state index in [1.807, 2.05) is 0 Å². The number of pyridine rings is 1. The van der Waals surface area contributed by atoms with Crippen molar-refractivity contribution in [2.45, 2.75) is 17.4 Å². The van der Waals surface area contributed by atoms with Crippen molar-refractivity contribution in [3.8, 4) is 0 Å². The average Bonchev–Trinajstić information content (AvgIpc) is 2.70. The highest BCUT2D eigenvalue weighted by molar-refractivity contribution is 7.99. The van der Waals surface area contributed by atoms with Gasteiger partial charge in [0.15, 0.2) is 0 Å². The maximum atomic E-state index is 11.9. The molecule has 0 spiro atoms. The third kappa shape index (κ3) is 2.47. The number of rotatable bonds is 3. The Balaban J connectivity index is 2.25. The van der Waals surface area contributed by atoms with E-state index in [2.05, 4.69) is 9.71 Å². The van der Waals surface area contributed by atoms with E-state index < -0.39 is 15.5 Å². The van der Waals surface area contributed by atoms with Crippen molar-refractivity contribution in [1.29, 1.82) is 0 Å². The lowest BCUT2D eigenvalue weighted by Gasteiger charge is -2.10. The van der Waals surface area contributed by atoms with Crippen molar-refractivity contribution in [3.05, 3.63) is 28.7 Å². The summed E-state index contributed by atoms with van der Waals surface area (Å²) in [5.74, 6) is 1.72. The van der Waals surface area contributed by atoms with E-state index in [1.54, 1.807) is 11.8 Å². The molecule has 7 heteroatoms. The van der Waals surface area contributed by atoms with Crippen molar-refractivity contribution >= 4 is 21.8 Å². The van der Waals surface area contributed by atoms with Gasteiger partial charge < -0.3 is 4.98 Å². The molecule has 1 unspecified atom stereocenters. The predicted molar refractivity (Wildman–Crippen MR) is 63.1 cm³/mol. The van der Waals surface area contributed by atoms with Gasteiger partial charge in [-0.15, -0.1) is 0 Å². The van der Waals surface area contributed by atoms with Crippen LogP contribution in [0.5, 0.6) is 0 Å². The molecule has 0 bridgehead atoms. The SMILES string of the molecule is O=c1cc[nH]cc1S(=O)(=O)NC1CCSC1. The van der Waals surface area contributed by atoms with Gasteiger partial charge >= 0.3 is 0 Å². The Bertz CT molecular complexity index is 518. The summed E-state index contributed by atoms with van der Waals surface area (Å²) in [7, 11) is -3.68. The summed E-state index contributed by atoms with van der Waals surface area (Å²) in [5, 5.41) is 0. The standard InChI is InChI=1S/C9H12N2O3S2/c12-8-1-3-10-5-9(8)16(13,14)11-7-2-4-15-6-7/h1,3,5,7,11H,2,4,6H2,(H,10,12). The van der Waals surface area contributed by atoms with Crippen molar-refractivity contribution in [2.24, 2.45) is 0 Å². The summed E-state index contributed by atoms with van der Waals surface area (Å²) >= 11 is 1.71. The monoisotopic (exact) mass is 260 g/mol. The summed E-state index contributed by atoms with van der Waals surface area (Å²) < 4.78 is 26.3. The molecule has 0 saturated carbocycles. The van der Waals surface area contributed by atoms with Gasteiger partial charge in [-0.2, -0.15) is 11.8 Å². The topological polar surface area (TPSA) is 79.0 Å². The van der Waals surface area contributed by atoms with Gasteiger partial charge in [0.1, 0.15) is 4.90 Å². The van der Waals surface area contributed by atoms with E-state index >= 15 is 0 Å². The fourth-order valence-electron chi connectivity index (χ4n) is 1.52. The Hall–Kier alpha value is -0.790. The number of aromatic nitrogens is 1. The molecule has 2 heterocycles. The lowest BCUT2D eigenvalue weighted by atomic mass is 10.3. The van der Waals surface area contributed by atoms with Crippen LogP contribution in [0.15, 0.2) is 28.2 Å². The molecule has 1 aliphatic heterocycles. The smallest absolute Gasteiger partial charge is 0.246 e. The van der Waals surface area contributed by atoms with E-state index in [9.17, 15) is 13.2 Å². The molecule has 2 N–H and O–H groups in total. The van der Waals surface area contributed by atoms with Crippen LogP contribution in [0.2, 0.25) is 0 Å². The second-order valence-corrected chi connectivity index (χ2v) is 6.39. The quantitative estimate of drug-likeness (QED) is 0.811. The molecule has 1 aromatic heterocycles. The molecule has 5 nitrogen and oxygen atoms in total. The minimum atomic E-state index is -3.68. The summed E-state index contributed by atoms with van der Waals surface area (Å²) in [6, 6.07) is 1.15. The summed E-state index contributed by atoms with van der Waals surface area (Å²) in [6.07, 6.45) is 3.44. The van der Waals surface area contributed by atoms with E-state index in [0.29, 0.717) is 0 Å². The number of sulfonamides is 1. The number of hydrogen-bond acceptors (Lipinski definition) is 4. The Morgan fingerprint density at radius 3 is 2.94 bits per heavy atom. The van der Waals surface area contributed by atoms with Gasteiger partial charge in [0.2, 0.25) is 15.5 Å². The molecule has 0 aliphatic carbocycles. The van der Waals surface area contributed by atoms with Crippen LogP contribution < -0.4 is 10.2 Å². The summed E-state index contributed by atoms with van der Waals surface area (Å²) in [4.78, 5) is 13.8. The fraction of sp³-hybridized carbons (Fsp3) is 0.444. The van der Waals surface area contributed by atoms with Gasteiger partial charge in [-0.25, -0.2) is 13.1 Å². The van der Waals surface area contributed by atoms with Crippen LogP contribution in [0.1, 0.15) is 6.42 Å². The summed E-state index contributed by atoms with van der Waals surface area (Å²) in [5.41, 5.74) is -0.489. The van der Waals surface area contributed by atoms with E-state index in [-0.39, 0.29) is 10.9 Å². The van der Waals surface area contributed by atoms with Gasteiger partial charge in [-0.1, -0.05) is 0 Å². The van der Waals surface area contributed by atoms with Crippen LogP contribution in [-0.2, 0) is 10.0 Å². The molecule has 1 saturated heterocycles. The average molecular weight is 260 g/mol. The normalized spacial score (nSPS) is 21.1. The Morgan fingerprint density at radius 2 is 2.31 bits per heavy atom. The third-order valence-electron chi connectivity index (χ3n) is 2.33. The molecule has 0 amide bonds. The largest absolute Gasteiger partial charge is 0.366 e. The van der Waals surface area contributed by atoms with Crippen LogP contribution in [0.4, 0.5) is 0 Å². The van der Waals surface area contributed by atoms with E-state index in [4.69, 9.17) is 0 Å². The fourth-order valence-corrected chi connectivity index (χ4v) is 4.10. The minimum absolute atomic E-state index is 0.0605. The van der Waals surface area contributed by atoms with E-state index in [0.717, 1.165) is 17.9 Å². The van der Waals surface area contributed by atoms with Gasteiger partial charge in [0.05, 0.1) is 0 Å². The highest BCUT2D eigenvalue weighted by Gasteiger charge is 2.24. The molecular weight excluding hydrogens is 248 g/mol. The highest BCUT2D eigenvalue weighted by Crippen LogP contribution is 2.18. The maximum absolute atomic E-state index is 11.9. The van der Waals surface area contributed by atoms with Crippen molar-refractivity contribution in [2.75, 3.05) is 11.5 Å². The zero-order valence-corrected chi connectivity index (χ0v) is 10.1. The van der Waals surface area contributed by atoms with Crippen molar-refractivity contribution in [3.63, 3.8) is 0 Å². The van der Waals surface area contributed by atoms with Crippen LogP contribution in [0.3, 0.4) is 0 Å². The first kappa shape index (κ1) is 11.7. The van der Waals surface area contributed by atoms with Gasteiger partial charge in [0, 0.05) is 30.3 Å². The minimum Gasteiger partial charge on any atom is -0.366 e. The Morgan fingerprint density at radius 1 is 1.50 bits per heavy atom. The van der Waals surface area contributed by atoms with Gasteiger partial charge in [0.25, 0.3) is 0 Å². The molecule has 1 aliphatic rings. The number of aromatic amines is 1. The zero-order chi connectivity index (χ0) is 11.6. The molecule has 16 heavy (non-hydrogen) atoms. The molecule has 88 valence electrons. The Kier molecular flexibility index (Phi) is 3.36. The van der Waals surface area contributed by atoms with Gasteiger partial charge in [-0.3, -0.25) is 4.79 Å². The zero-order valence-electron chi connectivity index (χ0n) is 8.47. The van der Waals surface area contributed by atoms with E-state index in [1.165, 1.54) is 18.5 Å². The van der Waals surface area contributed by atoms with Crippen LogP contribution in [0, 0.1) is 0 Å². The van der Waals surface area contributed by atoms with Crippen LogP contribution in [-0.4, -0.2) is 30.9 Å². The molecule has 1 aromatic rings. The maximum Gasteiger partial charge on any atom is 0.246 e. The first-order valence-corrected chi connectivity index (χ1v) is 7.50. The van der Waals surface area contributed by atoms with Crippen molar-refractivity contribution in [1.82, 2.24) is 9.71 Å². The molecule has 1 atom stereocenters. The summed E-state index contributed by atoms with van der Waals surface area (Å²) in [6.45, 7) is 0. The lowest BCUT2D eigenvalue weighted by Crippen LogP contribution is -2.36. The van der Waals surface area contributed by atoms with Crippen LogP contribution >= 0.6 is 11.8 Å². The first-order chi connectivity index (χ1) is 7.59. The second-order valence-electron chi connectivity index (χ2n) is 3.55. The Labute approximate surface area is 97.7 Å². The lowest BCUT2D eigenvalue weighted by molar-refractivity contribution is 0.562. The number of thioether (sulfide) groups is 1. The third-order valence-corrected chi connectivity index (χ3v) is 5.03. The highest BCUT2D eigenvalue weighted by atomic mass is 32.2. The van der Waals surface area contributed by atoms with Crippen LogP contribution in [0.25, 0.3) is 0 Å². The molecular formula is C9H12N2O3S2. The number of H-pyrrole nitrogens is 1. The number of hydrogen-bond donors (Lipinski definition) is 2. The van der Waals surface area contributed by atoms with Crippen molar-refractivity contribution < 1.29 is 8.42 Å². The molecule has 1 fully saturated rings. The molecule has 0 aromatic carbocycles. The molecule has 0 radical (unpaired) electrons. The second kappa shape index (κ2) is 4.60. The van der Waals surface area contributed by atoms with Gasteiger partial charge in [-0.05, 0) is 12.2 Å².